The number of carbonyl (C=O) groups is 1. The van der Waals surface area contributed by atoms with E-state index in [-0.39, 0.29) is 5.91 Å². The van der Waals surface area contributed by atoms with Crippen LogP contribution in [0.25, 0.3) is 16.4 Å². The Balaban J connectivity index is 1.30. The van der Waals surface area contributed by atoms with Gasteiger partial charge >= 0.3 is 0 Å². The van der Waals surface area contributed by atoms with Crippen LogP contribution in [-0.2, 0) is 13.1 Å². The Kier molecular flexibility index (Phi) is 5.57. The third-order valence-electron chi connectivity index (χ3n) is 6.15. The number of aromatic nitrogens is 5. The van der Waals surface area contributed by atoms with Crippen molar-refractivity contribution in [1.29, 1.82) is 0 Å². The van der Waals surface area contributed by atoms with Crippen LogP contribution < -0.4 is 11.1 Å². The Morgan fingerprint density at radius 3 is 2.76 bits per heavy atom. The first-order valence-electron chi connectivity index (χ1n) is 10.9. The van der Waals surface area contributed by atoms with Gasteiger partial charge in [0.25, 0.3) is 5.91 Å². The number of nitrogen functional groups attached to an aromatic ring is 1. The molecule has 0 aliphatic rings. The summed E-state index contributed by atoms with van der Waals surface area (Å²) in [6.07, 6.45) is 8.99. The third-order valence-corrected chi connectivity index (χ3v) is 6.98. The van der Waals surface area contributed by atoms with Gasteiger partial charge in [-0.05, 0) is 82.5 Å². The molecule has 5 rings (SSSR count). The summed E-state index contributed by atoms with van der Waals surface area (Å²) in [6.45, 7) is 6.99. The van der Waals surface area contributed by atoms with E-state index >= 15 is 0 Å². The molecule has 4 heterocycles. The number of pyridine rings is 2. The van der Waals surface area contributed by atoms with Gasteiger partial charge in [0.1, 0.15) is 11.5 Å². The van der Waals surface area contributed by atoms with Gasteiger partial charge in [-0.3, -0.25) is 9.48 Å². The zero-order valence-electron chi connectivity index (χ0n) is 19.1. The second-order valence-corrected chi connectivity index (χ2v) is 9.35. The van der Waals surface area contributed by atoms with Gasteiger partial charge in [0.15, 0.2) is 0 Å². The number of anilines is 1. The van der Waals surface area contributed by atoms with Gasteiger partial charge in [-0.2, -0.15) is 5.10 Å². The van der Waals surface area contributed by atoms with Crippen LogP contribution in [-0.4, -0.2) is 30.1 Å². The van der Waals surface area contributed by atoms with Gasteiger partial charge in [0.05, 0.1) is 24.0 Å². The molecule has 0 fully saturated rings. The van der Waals surface area contributed by atoms with Crippen molar-refractivity contribution < 1.29 is 4.79 Å². The van der Waals surface area contributed by atoms with Crippen LogP contribution in [0.3, 0.4) is 0 Å². The van der Waals surface area contributed by atoms with Gasteiger partial charge in [0.2, 0.25) is 0 Å². The van der Waals surface area contributed by atoms with Crippen molar-refractivity contribution in [3.05, 3.63) is 87.2 Å². The summed E-state index contributed by atoms with van der Waals surface area (Å²) in [7, 11) is 0. The number of rotatable bonds is 5. The van der Waals surface area contributed by atoms with Gasteiger partial charge in [-0.1, -0.05) is 0 Å². The number of nitrogens with two attached hydrogens (primary N) is 1. The third kappa shape index (κ3) is 4.03. The number of halogens is 1. The lowest BCUT2D eigenvalue weighted by Crippen LogP contribution is -2.23. The molecular formula is C25H24BrN7O. The van der Waals surface area contributed by atoms with Crippen molar-refractivity contribution in [2.75, 3.05) is 5.73 Å². The average Bonchev–Trinajstić information content (AvgIpc) is 3.41. The number of hydrogen-bond donors (Lipinski definition) is 2. The number of amides is 1. The number of fused-ring (bicyclic) bond motifs is 2. The van der Waals surface area contributed by atoms with Crippen LogP contribution in [0.5, 0.6) is 0 Å². The normalized spacial score (nSPS) is 11.4. The number of benzene rings is 1. The van der Waals surface area contributed by atoms with Crippen molar-refractivity contribution >= 4 is 44.1 Å². The highest BCUT2D eigenvalue weighted by Crippen LogP contribution is 2.28. The van der Waals surface area contributed by atoms with Crippen LogP contribution in [0.4, 0.5) is 5.82 Å². The second-order valence-electron chi connectivity index (χ2n) is 8.50. The lowest BCUT2D eigenvalue weighted by atomic mass is 9.96. The lowest BCUT2D eigenvalue weighted by Gasteiger charge is -2.14. The van der Waals surface area contributed by atoms with Crippen molar-refractivity contribution in [2.24, 2.45) is 0 Å². The molecular weight excluding hydrogens is 494 g/mol. The largest absolute Gasteiger partial charge is 0.383 e. The fourth-order valence-electron chi connectivity index (χ4n) is 4.24. The minimum atomic E-state index is -0.172. The van der Waals surface area contributed by atoms with Gasteiger partial charge in [-0.15, -0.1) is 0 Å². The molecule has 0 aliphatic heterocycles. The maximum absolute atomic E-state index is 12.8. The monoisotopic (exact) mass is 517 g/mol. The molecule has 4 aromatic heterocycles. The summed E-state index contributed by atoms with van der Waals surface area (Å²) in [5.41, 5.74) is 12.6. The summed E-state index contributed by atoms with van der Waals surface area (Å²) in [5, 5.41) is 9.36. The summed E-state index contributed by atoms with van der Waals surface area (Å²) in [5.74, 6) is 0.342. The van der Waals surface area contributed by atoms with Crippen LogP contribution in [0, 0.1) is 20.8 Å². The van der Waals surface area contributed by atoms with Gasteiger partial charge in [-0.25, -0.2) is 9.97 Å². The molecule has 0 saturated carbocycles. The maximum Gasteiger partial charge on any atom is 0.254 e. The molecule has 0 saturated heterocycles. The predicted octanol–water partition coefficient (Wildman–Crippen LogP) is 4.33. The first-order chi connectivity index (χ1) is 16.3. The number of imidazole rings is 1. The van der Waals surface area contributed by atoms with Crippen LogP contribution >= 0.6 is 15.9 Å². The van der Waals surface area contributed by atoms with E-state index in [4.69, 9.17) is 5.73 Å². The SMILES string of the molecule is Cc1cc2nc(Cn3cc(C(=O)NCc4c(C)cc5c(N)nccc5c4C)cn3)cn2cc1Br. The molecule has 1 amide bonds. The first-order valence-corrected chi connectivity index (χ1v) is 11.7. The van der Waals surface area contributed by atoms with Crippen LogP contribution in [0.1, 0.15) is 38.3 Å². The minimum absolute atomic E-state index is 0.172. The molecule has 9 heteroatoms. The fraction of sp³-hybridized carbons (Fsp3) is 0.200. The average molecular weight is 518 g/mol. The molecule has 34 heavy (non-hydrogen) atoms. The molecule has 0 atom stereocenters. The highest BCUT2D eigenvalue weighted by atomic mass is 79.9. The fourth-order valence-corrected chi connectivity index (χ4v) is 4.57. The van der Waals surface area contributed by atoms with E-state index in [0.717, 1.165) is 48.8 Å². The highest BCUT2D eigenvalue weighted by Gasteiger charge is 2.14. The zero-order valence-corrected chi connectivity index (χ0v) is 20.7. The molecule has 5 aromatic rings. The number of hydrogen-bond acceptors (Lipinski definition) is 5. The number of nitrogens with one attached hydrogen (secondary N) is 1. The van der Waals surface area contributed by atoms with E-state index in [2.05, 4.69) is 36.3 Å². The Bertz CT molecular complexity index is 1530. The standard InChI is InChI=1S/C25H24BrN7O/c1-14-6-20-19(4-5-28-24(20)27)16(3)21(14)9-29-25(34)17-8-30-33(10-17)12-18-11-32-13-22(26)15(2)7-23(32)31-18/h4-8,10-11,13H,9,12H2,1-3H3,(H2,27,28)(H,29,34). The van der Waals surface area contributed by atoms with E-state index < -0.39 is 0 Å². The number of aryl methyl sites for hydroxylation is 3. The predicted molar refractivity (Wildman–Crippen MR) is 136 cm³/mol. The number of nitrogens with zero attached hydrogens (tertiary/aromatic N) is 5. The quantitative estimate of drug-likeness (QED) is 0.361. The summed E-state index contributed by atoms with van der Waals surface area (Å²) >= 11 is 3.55. The molecule has 0 spiro atoms. The summed E-state index contributed by atoms with van der Waals surface area (Å²) < 4.78 is 4.72. The first kappa shape index (κ1) is 22.1. The van der Waals surface area contributed by atoms with Crippen molar-refractivity contribution in [3.63, 3.8) is 0 Å². The minimum Gasteiger partial charge on any atom is -0.383 e. The molecule has 0 aliphatic carbocycles. The Morgan fingerprint density at radius 1 is 1.12 bits per heavy atom. The Morgan fingerprint density at radius 2 is 1.94 bits per heavy atom. The van der Waals surface area contributed by atoms with Gasteiger partial charge < -0.3 is 15.5 Å². The van der Waals surface area contributed by atoms with E-state index in [1.807, 2.05) is 55.8 Å². The Hall–Kier alpha value is -3.72. The van der Waals surface area contributed by atoms with Crippen molar-refractivity contribution in [2.45, 2.75) is 33.9 Å². The number of carbonyl (C=O) groups excluding carboxylic acids is 1. The topological polar surface area (TPSA) is 103 Å². The molecule has 1 aromatic carbocycles. The molecule has 8 nitrogen and oxygen atoms in total. The van der Waals surface area contributed by atoms with Crippen molar-refractivity contribution in [1.82, 2.24) is 29.5 Å². The van der Waals surface area contributed by atoms with Crippen LogP contribution in [0.15, 0.2) is 53.7 Å². The second kappa shape index (κ2) is 8.57. The maximum atomic E-state index is 12.8. The summed E-state index contributed by atoms with van der Waals surface area (Å²) in [4.78, 5) is 21.7. The van der Waals surface area contributed by atoms with E-state index in [1.54, 1.807) is 23.3 Å². The Labute approximate surface area is 205 Å². The molecule has 0 bridgehead atoms. The zero-order chi connectivity index (χ0) is 24.0. The van der Waals surface area contributed by atoms with Crippen LogP contribution in [0.2, 0.25) is 0 Å². The van der Waals surface area contributed by atoms with Crippen molar-refractivity contribution in [3.8, 4) is 0 Å². The molecule has 3 N–H and O–H groups in total. The lowest BCUT2D eigenvalue weighted by molar-refractivity contribution is 0.0950. The molecule has 0 radical (unpaired) electrons. The van der Waals surface area contributed by atoms with E-state index in [9.17, 15) is 4.79 Å². The highest BCUT2D eigenvalue weighted by molar-refractivity contribution is 9.10. The summed E-state index contributed by atoms with van der Waals surface area (Å²) in [6, 6.07) is 6.01. The van der Waals surface area contributed by atoms with Gasteiger partial charge in [0, 0.05) is 41.2 Å². The van der Waals surface area contributed by atoms with E-state index in [1.165, 1.54) is 0 Å². The molecule has 172 valence electrons. The van der Waals surface area contributed by atoms with E-state index in [0.29, 0.717) is 24.5 Å². The molecule has 0 unspecified atom stereocenters. The smallest absolute Gasteiger partial charge is 0.254 e.